The highest BCUT2D eigenvalue weighted by molar-refractivity contribution is 7.11. The van der Waals surface area contributed by atoms with Gasteiger partial charge in [-0.2, -0.15) is 4.98 Å². The van der Waals surface area contributed by atoms with Crippen LogP contribution in [0.4, 0.5) is 0 Å². The Bertz CT molecular complexity index is 558. The van der Waals surface area contributed by atoms with E-state index in [0.29, 0.717) is 11.8 Å². The molecule has 0 spiro atoms. The molecule has 0 aliphatic heterocycles. The number of nitrogens with zero attached hydrogens (tertiary/aromatic N) is 3. The summed E-state index contributed by atoms with van der Waals surface area (Å²) in [5.74, 6) is 0.876. The van der Waals surface area contributed by atoms with E-state index in [0.717, 1.165) is 15.6 Å². The fraction of sp³-hybridized carbons (Fsp3) is 0.417. The Morgan fingerprint density at radius 1 is 1.21 bits per heavy atom. The van der Waals surface area contributed by atoms with E-state index in [9.17, 15) is 0 Å². The van der Waals surface area contributed by atoms with Gasteiger partial charge < -0.3 is 14.8 Å². The van der Waals surface area contributed by atoms with Gasteiger partial charge in [0.2, 0.25) is 11.8 Å². The number of aromatic nitrogens is 3. The number of hydrogen-bond acceptors (Lipinski definition) is 7. The third kappa shape index (κ3) is 2.82. The summed E-state index contributed by atoms with van der Waals surface area (Å²) in [6.45, 7) is 1.97. The molecule has 0 aromatic carbocycles. The van der Waals surface area contributed by atoms with Gasteiger partial charge in [0.05, 0.1) is 31.5 Å². The predicted molar refractivity (Wildman–Crippen MR) is 72.9 cm³/mol. The van der Waals surface area contributed by atoms with Crippen LogP contribution in [-0.2, 0) is 0 Å². The lowest BCUT2D eigenvalue weighted by Crippen LogP contribution is -2.19. The summed E-state index contributed by atoms with van der Waals surface area (Å²) < 4.78 is 10.3. The monoisotopic (exact) mass is 280 g/mol. The molecule has 0 aliphatic rings. The van der Waals surface area contributed by atoms with Crippen LogP contribution in [0.2, 0.25) is 0 Å². The van der Waals surface area contributed by atoms with Crippen molar-refractivity contribution < 1.29 is 9.47 Å². The van der Waals surface area contributed by atoms with Crippen LogP contribution in [0.3, 0.4) is 0 Å². The SMILES string of the molecule is CNC(c1cnc(C)s1)c1ncc(OC)nc1OC. The van der Waals surface area contributed by atoms with Gasteiger partial charge in [0.25, 0.3) is 0 Å². The van der Waals surface area contributed by atoms with Crippen molar-refractivity contribution in [1.82, 2.24) is 20.3 Å². The number of rotatable bonds is 5. The van der Waals surface area contributed by atoms with Crippen LogP contribution in [0, 0.1) is 6.92 Å². The Balaban J connectivity index is 2.43. The van der Waals surface area contributed by atoms with Crippen molar-refractivity contribution in [2.24, 2.45) is 0 Å². The van der Waals surface area contributed by atoms with Crippen molar-refractivity contribution in [3.63, 3.8) is 0 Å². The average Bonchev–Trinajstić information content (AvgIpc) is 2.86. The first-order valence-electron chi connectivity index (χ1n) is 5.74. The van der Waals surface area contributed by atoms with Crippen LogP contribution in [0.15, 0.2) is 12.4 Å². The van der Waals surface area contributed by atoms with Crippen molar-refractivity contribution >= 4 is 11.3 Å². The molecule has 0 saturated heterocycles. The third-order valence-electron chi connectivity index (χ3n) is 2.63. The standard InChI is InChI=1S/C12H16N4O2S/c1-7-14-5-8(19-7)10(13-2)11-12(18-4)16-9(17-3)6-15-11/h5-6,10,13H,1-4H3. The topological polar surface area (TPSA) is 69.2 Å². The summed E-state index contributed by atoms with van der Waals surface area (Å²) in [7, 11) is 4.98. The number of aryl methyl sites for hydroxylation is 1. The molecule has 2 aromatic rings. The Morgan fingerprint density at radius 2 is 2.00 bits per heavy atom. The smallest absolute Gasteiger partial charge is 0.240 e. The fourth-order valence-electron chi connectivity index (χ4n) is 1.74. The van der Waals surface area contributed by atoms with E-state index in [4.69, 9.17) is 9.47 Å². The largest absolute Gasteiger partial charge is 0.480 e. The van der Waals surface area contributed by atoms with E-state index in [2.05, 4.69) is 20.3 Å². The lowest BCUT2D eigenvalue weighted by atomic mass is 10.2. The van der Waals surface area contributed by atoms with Crippen molar-refractivity contribution in [3.8, 4) is 11.8 Å². The van der Waals surface area contributed by atoms with Gasteiger partial charge in [-0.05, 0) is 14.0 Å². The van der Waals surface area contributed by atoms with Crippen molar-refractivity contribution in [3.05, 3.63) is 28.0 Å². The van der Waals surface area contributed by atoms with E-state index in [1.54, 1.807) is 31.8 Å². The molecule has 2 rings (SSSR count). The molecule has 2 aromatic heterocycles. The highest BCUT2D eigenvalue weighted by Crippen LogP contribution is 2.30. The molecule has 102 valence electrons. The van der Waals surface area contributed by atoms with Crippen LogP contribution >= 0.6 is 11.3 Å². The minimum Gasteiger partial charge on any atom is -0.480 e. The van der Waals surface area contributed by atoms with E-state index < -0.39 is 0 Å². The van der Waals surface area contributed by atoms with Crippen molar-refractivity contribution in [1.29, 1.82) is 0 Å². The third-order valence-corrected chi connectivity index (χ3v) is 3.61. The first-order valence-corrected chi connectivity index (χ1v) is 6.55. The lowest BCUT2D eigenvalue weighted by molar-refractivity contribution is 0.353. The van der Waals surface area contributed by atoms with Crippen LogP contribution in [-0.4, -0.2) is 36.2 Å². The molecule has 1 atom stereocenters. The molecular formula is C12H16N4O2S. The molecule has 0 aliphatic carbocycles. The summed E-state index contributed by atoms with van der Waals surface area (Å²) in [4.78, 5) is 14.0. The quantitative estimate of drug-likeness (QED) is 0.896. The fourth-order valence-corrected chi connectivity index (χ4v) is 2.64. The van der Waals surface area contributed by atoms with Gasteiger partial charge in [0.15, 0.2) is 0 Å². The van der Waals surface area contributed by atoms with E-state index in [1.165, 1.54) is 0 Å². The maximum absolute atomic E-state index is 5.29. The van der Waals surface area contributed by atoms with Gasteiger partial charge in [0, 0.05) is 11.1 Å². The molecule has 0 bridgehead atoms. The van der Waals surface area contributed by atoms with Gasteiger partial charge in [-0.3, -0.25) is 0 Å². The average molecular weight is 280 g/mol. The lowest BCUT2D eigenvalue weighted by Gasteiger charge is -2.16. The zero-order valence-electron chi connectivity index (χ0n) is 11.3. The molecular weight excluding hydrogens is 264 g/mol. The van der Waals surface area contributed by atoms with Crippen molar-refractivity contribution in [2.75, 3.05) is 21.3 Å². The maximum Gasteiger partial charge on any atom is 0.240 e. The van der Waals surface area contributed by atoms with Crippen LogP contribution in [0.25, 0.3) is 0 Å². The minimum absolute atomic E-state index is 0.0976. The number of methoxy groups -OCH3 is 2. The molecule has 0 amide bonds. The number of nitrogens with one attached hydrogen (secondary N) is 1. The molecule has 0 saturated carbocycles. The minimum atomic E-state index is -0.0976. The molecule has 7 heteroatoms. The Kier molecular flexibility index (Phi) is 4.28. The molecule has 0 fully saturated rings. The molecule has 1 unspecified atom stereocenters. The first-order chi connectivity index (χ1) is 9.19. The summed E-state index contributed by atoms with van der Waals surface area (Å²) in [6, 6.07) is -0.0976. The van der Waals surface area contributed by atoms with Gasteiger partial charge in [0.1, 0.15) is 5.69 Å². The second-order valence-electron chi connectivity index (χ2n) is 3.81. The van der Waals surface area contributed by atoms with Crippen LogP contribution in [0.5, 0.6) is 11.8 Å². The van der Waals surface area contributed by atoms with Gasteiger partial charge in [-0.1, -0.05) is 0 Å². The Morgan fingerprint density at radius 3 is 2.53 bits per heavy atom. The zero-order valence-corrected chi connectivity index (χ0v) is 12.1. The first kappa shape index (κ1) is 13.7. The number of ether oxygens (including phenoxy) is 2. The summed E-state index contributed by atoms with van der Waals surface area (Å²) >= 11 is 1.62. The van der Waals surface area contributed by atoms with E-state index in [1.807, 2.05) is 20.2 Å². The number of thiazole rings is 1. The zero-order chi connectivity index (χ0) is 13.8. The molecule has 6 nitrogen and oxygen atoms in total. The van der Waals surface area contributed by atoms with Crippen LogP contribution in [0.1, 0.15) is 21.6 Å². The normalized spacial score (nSPS) is 12.2. The summed E-state index contributed by atoms with van der Waals surface area (Å²) in [6.07, 6.45) is 3.42. The van der Waals surface area contributed by atoms with E-state index >= 15 is 0 Å². The number of hydrogen-bond donors (Lipinski definition) is 1. The second-order valence-corrected chi connectivity index (χ2v) is 5.08. The molecule has 0 radical (unpaired) electrons. The van der Waals surface area contributed by atoms with E-state index in [-0.39, 0.29) is 6.04 Å². The highest BCUT2D eigenvalue weighted by atomic mass is 32.1. The highest BCUT2D eigenvalue weighted by Gasteiger charge is 2.22. The maximum atomic E-state index is 5.29. The van der Waals surface area contributed by atoms with Gasteiger partial charge in [-0.15, -0.1) is 11.3 Å². The predicted octanol–water partition coefficient (Wildman–Crippen LogP) is 1.57. The Labute approximate surface area is 115 Å². The molecule has 2 heterocycles. The summed E-state index contributed by atoms with van der Waals surface area (Å²) in [5.41, 5.74) is 0.717. The van der Waals surface area contributed by atoms with Crippen LogP contribution < -0.4 is 14.8 Å². The summed E-state index contributed by atoms with van der Waals surface area (Å²) in [5, 5.41) is 4.22. The van der Waals surface area contributed by atoms with Gasteiger partial charge in [-0.25, -0.2) is 9.97 Å². The molecule has 19 heavy (non-hydrogen) atoms. The molecule has 1 N–H and O–H groups in total. The van der Waals surface area contributed by atoms with Crippen molar-refractivity contribution in [2.45, 2.75) is 13.0 Å². The second kappa shape index (κ2) is 5.94. The van der Waals surface area contributed by atoms with Gasteiger partial charge >= 0.3 is 0 Å². The Hall–Kier alpha value is -1.73.